The van der Waals surface area contributed by atoms with Gasteiger partial charge in [-0.15, -0.1) is 5.10 Å². The first-order chi connectivity index (χ1) is 23.7. The van der Waals surface area contributed by atoms with Gasteiger partial charge in [-0.25, -0.2) is 13.8 Å². The first-order valence-electron chi connectivity index (χ1n) is 18.9. The quantitative estimate of drug-likeness (QED) is 0.108. The first-order valence-corrected chi connectivity index (χ1v) is 18.9. The van der Waals surface area contributed by atoms with E-state index in [-0.39, 0.29) is 21.7 Å². The summed E-state index contributed by atoms with van der Waals surface area (Å²) in [6.07, 6.45) is 14.1. The molecule has 0 saturated carbocycles. The topological polar surface area (TPSA) is 38.5 Å². The Bertz CT molecular complexity index is 1840. The molecule has 5 nitrogen and oxygen atoms in total. The van der Waals surface area contributed by atoms with E-state index in [0.29, 0.717) is 0 Å². The lowest BCUT2D eigenvalue weighted by Crippen LogP contribution is -2.33. The summed E-state index contributed by atoms with van der Waals surface area (Å²) in [6.45, 7) is 30.1. The molecule has 0 unspecified atom stereocenters. The van der Waals surface area contributed by atoms with Gasteiger partial charge >= 0.3 is 0 Å². The van der Waals surface area contributed by atoms with E-state index in [1.165, 1.54) is 44.5 Å². The highest BCUT2D eigenvalue weighted by Gasteiger charge is 2.23. The molecule has 0 aliphatic heterocycles. The van der Waals surface area contributed by atoms with Crippen LogP contribution in [0.4, 0.5) is 0 Å². The minimum Gasteiger partial charge on any atom is -0.248 e. The van der Waals surface area contributed by atoms with Gasteiger partial charge in [-0.1, -0.05) is 113 Å². The SMILES string of the molecule is CC(C)(C)c1cc(Cn2cc(CCCC[n+]3ccc(-c4cc[n+](Cc5cc(C(C)(C)C)cc(C(C)(C)C)c5)cc4)cc3)nn2)cc(C(C)(C)C)c1. The van der Waals surface area contributed by atoms with Crippen LogP contribution in [0.1, 0.15) is 135 Å². The molecule has 270 valence electrons. The zero-order chi connectivity index (χ0) is 37.2. The fourth-order valence-corrected chi connectivity index (χ4v) is 6.38. The highest BCUT2D eigenvalue weighted by Crippen LogP contribution is 2.32. The van der Waals surface area contributed by atoms with Gasteiger partial charge in [0.25, 0.3) is 0 Å². The molecule has 0 spiro atoms. The Balaban J connectivity index is 1.13. The lowest BCUT2D eigenvalue weighted by atomic mass is 9.79. The van der Waals surface area contributed by atoms with Crippen molar-refractivity contribution in [2.45, 2.75) is 144 Å². The molecule has 5 rings (SSSR count). The van der Waals surface area contributed by atoms with Crippen LogP contribution in [0.3, 0.4) is 0 Å². The van der Waals surface area contributed by atoms with Crippen molar-refractivity contribution in [3.8, 4) is 11.1 Å². The fourth-order valence-electron chi connectivity index (χ4n) is 6.38. The molecule has 51 heavy (non-hydrogen) atoms. The minimum atomic E-state index is 0.101. The summed E-state index contributed by atoms with van der Waals surface area (Å²) >= 11 is 0. The molecule has 5 heteroatoms. The Hall–Kier alpha value is -4.12. The maximum absolute atomic E-state index is 4.51. The smallest absolute Gasteiger partial charge is 0.173 e. The number of rotatable bonds is 10. The first kappa shape index (κ1) is 38.1. The molecule has 0 N–H and O–H groups in total. The summed E-state index contributed by atoms with van der Waals surface area (Å²) in [5.74, 6) is 0. The van der Waals surface area contributed by atoms with Crippen molar-refractivity contribution in [2.75, 3.05) is 0 Å². The zero-order valence-electron chi connectivity index (χ0n) is 33.6. The van der Waals surface area contributed by atoms with Crippen LogP contribution in [0.25, 0.3) is 11.1 Å². The van der Waals surface area contributed by atoms with Crippen LogP contribution in [0.2, 0.25) is 0 Å². The van der Waals surface area contributed by atoms with Gasteiger partial charge in [0.1, 0.15) is 6.54 Å². The van der Waals surface area contributed by atoms with Gasteiger partial charge in [-0.3, -0.25) is 0 Å². The van der Waals surface area contributed by atoms with Crippen LogP contribution in [-0.2, 0) is 47.7 Å². The van der Waals surface area contributed by atoms with Crippen molar-refractivity contribution in [3.63, 3.8) is 0 Å². The second-order valence-corrected chi connectivity index (χ2v) is 18.8. The van der Waals surface area contributed by atoms with E-state index < -0.39 is 0 Å². The Morgan fingerprint density at radius 2 is 0.961 bits per heavy atom. The lowest BCUT2D eigenvalue weighted by molar-refractivity contribution is -0.697. The summed E-state index contributed by atoms with van der Waals surface area (Å²) < 4.78 is 6.57. The molecule has 2 aromatic carbocycles. The zero-order valence-corrected chi connectivity index (χ0v) is 33.6. The third-order valence-electron chi connectivity index (χ3n) is 9.96. The van der Waals surface area contributed by atoms with E-state index in [1.807, 2.05) is 4.68 Å². The van der Waals surface area contributed by atoms with Crippen LogP contribution in [0.15, 0.2) is 91.6 Å². The number of pyridine rings is 2. The van der Waals surface area contributed by atoms with E-state index in [0.717, 1.165) is 44.6 Å². The van der Waals surface area contributed by atoms with Crippen LogP contribution in [0, 0.1) is 0 Å². The summed E-state index contributed by atoms with van der Waals surface area (Å²) in [4.78, 5) is 0. The monoisotopic (exact) mass is 686 g/mol. The summed E-state index contributed by atoms with van der Waals surface area (Å²) in [5, 5.41) is 8.99. The third-order valence-corrected chi connectivity index (χ3v) is 9.96. The van der Waals surface area contributed by atoms with Gasteiger partial charge < -0.3 is 0 Å². The van der Waals surface area contributed by atoms with Crippen LogP contribution in [0.5, 0.6) is 0 Å². The second-order valence-electron chi connectivity index (χ2n) is 18.8. The van der Waals surface area contributed by atoms with Gasteiger partial charge in [0.2, 0.25) is 0 Å². The number of hydrogen-bond acceptors (Lipinski definition) is 2. The van der Waals surface area contributed by atoms with E-state index >= 15 is 0 Å². The molecule has 5 aromatic rings. The second kappa shape index (κ2) is 14.9. The largest absolute Gasteiger partial charge is 0.248 e. The number of unbranched alkanes of at least 4 members (excludes halogenated alkanes) is 1. The third kappa shape index (κ3) is 10.5. The predicted octanol–water partition coefficient (Wildman–Crippen LogP) is 9.83. The molecule has 0 amide bonds. The Labute approximate surface area is 308 Å². The van der Waals surface area contributed by atoms with Crippen molar-refractivity contribution in [2.24, 2.45) is 0 Å². The van der Waals surface area contributed by atoms with Crippen molar-refractivity contribution in [1.29, 1.82) is 0 Å². The summed E-state index contributed by atoms with van der Waals surface area (Å²) in [6, 6.07) is 23.1. The van der Waals surface area contributed by atoms with Crippen LogP contribution < -0.4 is 9.13 Å². The van der Waals surface area contributed by atoms with Gasteiger partial charge in [0.05, 0.1) is 12.2 Å². The number of aryl methyl sites for hydroxylation is 2. The molecule has 0 aliphatic rings. The minimum absolute atomic E-state index is 0.101. The van der Waals surface area contributed by atoms with Gasteiger partial charge in [0.15, 0.2) is 31.3 Å². The maximum atomic E-state index is 4.51. The summed E-state index contributed by atoms with van der Waals surface area (Å²) in [7, 11) is 0. The molecular formula is C46H63N5+2. The van der Waals surface area contributed by atoms with Crippen LogP contribution >= 0.6 is 0 Å². The van der Waals surface area contributed by atoms with Gasteiger partial charge in [-0.05, 0) is 85.6 Å². The van der Waals surface area contributed by atoms with Crippen LogP contribution in [-0.4, -0.2) is 15.0 Å². The van der Waals surface area contributed by atoms with E-state index in [2.05, 4.69) is 194 Å². The number of nitrogens with zero attached hydrogens (tertiary/aromatic N) is 5. The predicted molar refractivity (Wildman–Crippen MR) is 211 cm³/mol. The lowest BCUT2D eigenvalue weighted by Gasteiger charge is -2.26. The Morgan fingerprint density at radius 1 is 0.529 bits per heavy atom. The molecule has 0 fully saturated rings. The molecule has 0 saturated heterocycles. The standard InChI is InChI=1S/C46H63N5/c1-43(2,3)38-25-34(26-39(29-38)44(4,5)6)31-50-23-18-37(19-24-50)36-16-21-49(22-17-36)20-14-13-15-42-33-51(48-47-42)32-35-27-40(45(7,8)9)30-41(28-35)46(10,11)12/h16-19,21-30,33H,13-15,20,31-32H2,1-12H3/q+2. The van der Waals surface area contributed by atoms with Crippen molar-refractivity contribution < 1.29 is 9.13 Å². The van der Waals surface area contributed by atoms with Crippen molar-refractivity contribution in [3.05, 3.63) is 131 Å². The van der Waals surface area contributed by atoms with Gasteiger partial charge in [-0.2, -0.15) is 0 Å². The summed E-state index contributed by atoms with van der Waals surface area (Å²) in [5.41, 5.74) is 12.2. The Morgan fingerprint density at radius 3 is 1.41 bits per heavy atom. The van der Waals surface area contributed by atoms with E-state index in [1.54, 1.807) is 0 Å². The average Bonchev–Trinajstić information content (AvgIpc) is 3.49. The molecule has 0 aliphatic carbocycles. The van der Waals surface area contributed by atoms with Crippen molar-refractivity contribution in [1.82, 2.24) is 15.0 Å². The molecule has 0 bridgehead atoms. The normalized spacial score (nSPS) is 12.8. The molecule has 0 radical (unpaired) electrons. The number of aromatic nitrogens is 5. The molecule has 3 aromatic heterocycles. The molecular weight excluding hydrogens is 623 g/mol. The van der Waals surface area contributed by atoms with E-state index in [4.69, 9.17) is 0 Å². The highest BCUT2D eigenvalue weighted by molar-refractivity contribution is 5.61. The van der Waals surface area contributed by atoms with Gasteiger partial charge in [0, 0.05) is 42.4 Å². The fraction of sp³-hybridized carbons (Fsp3) is 0.478. The molecule has 3 heterocycles. The highest BCUT2D eigenvalue weighted by atomic mass is 15.4. The average molecular weight is 686 g/mol. The maximum Gasteiger partial charge on any atom is 0.173 e. The van der Waals surface area contributed by atoms with E-state index in [9.17, 15) is 0 Å². The Kier molecular flexibility index (Phi) is 11.1. The number of hydrogen-bond donors (Lipinski definition) is 0. The van der Waals surface area contributed by atoms with Crippen molar-refractivity contribution >= 4 is 0 Å². The molecule has 0 atom stereocenters. The number of benzene rings is 2.